The minimum Gasteiger partial charge on any atom is -0.469 e. The lowest BCUT2D eigenvalue weighted by atomic mass is 9.93. The van der Waals surface area contributed by atoms with Crippen LogP contribution >= 0.6 is 0 Å². The minimum absolute atomic E-state index is 0.188. The summed E-state index contributed by atoms with van der Waals surface area (Å²) >= 11 is 0. The third-order valence-electron chi connectivity index (χ3n) is 6.97. The van der Waals surface area contributed by atoms with Gasteiger partial charge in [-0.25, -0.2) is 9.78 Å². The van der Waals surface area contributed by atoms with Crippen LogP contribution in [0.3, 0.4) is 0 Å². The number of piperidine rings is 1. The van der Waals surface area contributed by atoms with Gasteiger partial charge < -0.3 is 19.7 Å². The number of alkyl carbamates (subject to hydrolysis) is 1. The number of carbonyl (C=O) groups is 2. The largest absolute Gasteiger partial charge is 0.469 e. The number of aromatic nitrogens is 2. The fourth-order valence-corrected chi connectivity index (χ4v) is 5.05. The molecule has 1 aliphatic rings. The standard InChI is InChI=1S/C30H38N4O5/c1-6-22(32-29(37)39-30(2,3)4)27-31-23-13-10-14-24(33-17-15-20(16-18-33)19-25(35)38-5)26(23)28(36)34(27)21-11-8-7-9-12-21/h7-14,20,22H,6,15-19H2,1-5H3,(H,32,37)/t22-/m0/s1. The van der Waals surface area contributed by atoms with Crippen molar-refractivity contribution in [2.45, 2.75) is 65.0 Å². The molecule has 3 aromatic rings. The summed E-state index contributed by atoms with van der Waals surface area (Å²) in [6.07, 6.45) is 2.03. The maximum absolute atomic E-state index is 14.3. The van der Waals surface area contributed by atoms with E-state index in [2.05, 4.69) is 10.2 Å². The Bertz CT molecular complexity index is 1370. The zero-order chi connectivity index (χ0) is 28.2. The number of anilines is 1. The molecule has 0 spiro atoms. The summed E-state index contributed by atoms with van der Waals surface area (Å²) in [7, 11) is 1.42. The number of methoxy groups -OCH3 is 1. The number of nitrogens with one attached hydrogen (secondary N) is 1. The number of fused-ring (bicyclic) bond motifs is 1. The van der Waals surface area contributed by atoms with E-state index in [1.807, 2.05) is 76.2 Å². The Morgan fingerprint density at radius 1 is 1.08 bits per heavy atom. The predicted octanol–water partition coefficient (Wildman–Crippen LogP) is 5.14. The summed E-state index contributed by atoms with van der Waals surface area (Å²) in [4.78, 5) is 45.9. The number of para-hydroxylation sites is 1. The fraction of sp³-hybridized carbons (Fsp3) is 0.467. The molecule has 1 amide bonds. The zero-order valence-electron chi connectivity index (χ0n) is 23.4. The highest BCUT2D eigenvalue weighted by molar-refractivity contribution is 5.91. The molecule has 1 saturated heterocycles. The maximum atomic E-state index is 14.3. The van der Waals surface area contributed by atoms with Crippen molar-refractivity contribution in [2.75, 3.05) is 25.1 Å². The van der Waals surface area contributed by atoms with Gasteiger partial charge in [-0.2, -0.15) is 0 Å². The molecule has 9 nitrogen and oxygen atoms in total. The second kappa shape index (κ2) is 11.9. The third-order valence-corrected chi connectivity index (χ3v) is 6.97. The third kappa shape index (κ3) is 6.58. The van der Waals surface area contributed by atoms with Crippen LogP contribution in [-0.4, -0.2) is 47.4 Å². The number of carbonyl (C=O) groups excluding carboxylic acids is 2. The molecular weight excluding hydrogens is 496 g/mol. The molecule has 0 aliphatic carbocycles. The summed E-state index contributed by atoms with van der Waals surface area (Å²) < 4.78 is 11.9. The normalized spacial score (nSPS) is 15.2. The number of benzene rings is 2. The van der Waals surface area contributed by atoms with Gasteiger partial charge >= 0.3 is 12.1 Å². The molecule has 1 aliphatic heterocycles. The van der Waals surface area contributed by atoms with Gasteiger partial charge in [0, 0.05) is 19.5 Å². The lowest BCUT2D eigenvalue weighted by Gasteiger charge is -2.34. The van der Waals surface area contributed by atoms with Crippen molar-refractivity contribution in [3.8, 4) is 5.69 Å². The van der Waals surface area contributed by atoms with Gasteiger partial charge in [0.05, 0.1) is 35.4 Å². The van der Waals surface area contributed by atoms with Crippen LogP contribution < -0.4 is 15.8 Å². The number of ether oxygens (including phenoxy) is 2. The van der Waals surface area contributed by atoms with Crippen LogP contribution in [0.2, 0.25) is 0 Å². The maximum Gasteiger partial charge on any atom is 0.408 e. The zero-order valence-corrected chi connectivity index (χ0v) is 23.4. The van der Waals surface area contributed by atoms with Crippen LogP contribution in [0, 0.1) is 5.92 Å². The molecule has 2 heterocycles. The molecular formula is C30H38N4O5. The van der Waals surface area contributed by atoms with Crippen molar-refractivity contribution in [3.63, 3.8) is 0 Å². The van der Waals surface area contributed by atoms with Crippen molar-refractivity contribution in [1.82, 2.24) is 14.9 Å². The van der Waals surface area contributed by atoms with Crippen LogP contribution in [0.1, 0.15) is 65.2 Å². The monoisotopic (exact) mass is 534 g/mol. The van der Waals surface area contributed by atoms with Gasteiger partial charge in [-0.1, -0.05) is 31.2 Å². The first-order chi connectivity index (χ1) is 18.6. The second-order valence-electron chi connectivity index (χ2n) is 10.9. The topological polar surface area (TPSA) is 103 Å². The smallest absolute Gasteiger partial charge is 0.408 e. The van der Waals surface area contributed by atoms with Crippen LogP contribution in [0.15, 0.2) is 53.3 Å². The molecule has 0 radical (unpaired) electrons. The van der Waals surface area contributed by atoms with Crippen molar-refractivity contribution in [3.05, 3.63) is 64.7 Å². The number of nitrogens with zero attached hydrogens (tertiary/aromatic N) is 3. The van der Waals surface area contributed by atoms with E-state index in [0.29, 0.717) is 35.3 Å². The van der Waals surface area contributed by atoms with Gasteiger partial charge in [-0.3, -0.25) is 14.2 Å². The lowest BCUT2D eigenvalue weighted by molar-refractivity contribution is -0.141. The summed E-state index contributed by atoms with van der Waals surface area (Å²) in [5, 5.41) is 3.44. The Kier molecular flexibility index (Phi) is 8.57. The number of rotatable bonds is 7. The molecule has 2 aromatic carbocycles. The second-order valence-corrected chi connectivity index (χ2v) is 10.9. The summed E-state index contributed by atoms with van der Waals surface area (Å²) in [5.74, 6) is 0.520. The molecule has 0 bridgehead atoms. The molecule has 4 rings (SSSR count). The first-order valence-electron chi connectivity index (χ1n) is 13.5. The van der Waals surface area contributed by atoms with Crippen molar-refractivity contribution >= 4 is 28.7 Å². The average Bonchev–Trinajstić information content (AvgIpc) is 2.91. The molecule has 0 unspecified atom stereocenters. The molecule has 1 N–H and O–H groups in total. The molecule has 1 fully saturated rings. The highest BCUT2D eigenvalue weighted by Crippen LogP contribution is 2.31. The van der Waals surface area contributed by atoms with E-state index in [4.69, 9.17) is 14.5 Å². The molecule has 39 heavy (non-hydrogen) atoms. The van der Waals surface area contributed by atoms with Crippen molar-refractivity contribution in [1.29, 1.82) is 0 Å². The van der Waals surface area contributed by atoms with E-state index >= 15 is 0 Å². The van der Waals surface area contributed by atoms with Crippen LogP contribution in [0.4, 0.5) is 10.5 Å². The van der Waals surface area contributed by atoms with Crippen LogP contribution in [0.5, 0.6) is 0 Å². The Balaban J connectivity index is 1.77. The first-order valence-corrected chi connectivity index (χ1v) is 13.5. The van der Waals surface area contributed by atoms with E-state index in [9.17, 15) is 14.4 Å². The van der Waals surface area contributed by atoms with E-state index in [-0.39, 0.29) is 17.4 Å². The van der Waals surface area contributed by atoms with Gasteiger partial charge in [-0.05, 0) is 70.2 Å². The molecule has 208 valence electrons. The van der Waals surface area contributed by atoms with E-state index in [0.717, 1.165) is 31.6 Å². The van der Waals surface area contributed by atoms with E-state index < -0.39 is 17.7 Å². The SMILES string of the molecule is CC[C@H](NC(=O)OC(C)(C)C)c1nc2cccc(N3CCC(CC(=O)OC)CC3)c2c(=O)n1-c1ccccc1. The van der Waals surface area contributed by atoms with Gasteiger partial charge in [0.1, 0.15) is 11.4 Å². The van der Waals surface area contributed by atoms with Crippen LogP contribution in [0.25, 0.3) is 16.6 Å². The molecule has 1 aromatic heterocycles. The van der Waals surface area contributed by atoms with Crippen LogP contribution in [-0.2, 0) is 14.3 Å². The highest BCUT2D eigenvalue weighted by Gasteiger charge is 2.27. The Hall–Kier alpha value is -3.88. The summed E-state index contributed by atoms with van der Waals surface area (Å²) in [6, 6.07) is 14.5. The number of esters is 1. The summed E-state index contributed by atoms with van der Waals surface area (Å²) in [6.45, 7) is 8.81. The van der Waals surface area contributed by atoms with E-state index in [1.165, 1.54) is 7.11 Å². The van der Waals surface area contributed by atoms with E-state index in [1.54, 1.807) is 4.57 Å². The van der Waals surface area contributed by atoms with Gasteiger partial charge in [0.25, 0.3) is 5.56 Å². The number of hydrogen-bond acceptors (Lipinski definition) is 7. The van der Waals surface area contributed by atoms with Crippen molar-refractivity contribution in [2.24, 2.45) is 5.92 Å². The quantitative estimate of drug-likeness (QED) is 0.419. The summed E-state index contributed by atoms with van der Waals surface area (Å²) in [5.41, 5.74) is 1.21. The minimum atomic E-state index is -0.655. The molecule has 0 saturated carbocycles. The Morgan fingerprint density at radius 2 is 1.77 bits per heavy atom. The molecule has 1 atom stereocenters. The highest BCUT2D eigenvalue weighted by atomic mass is 16.6. The molecule has 9 heteroatoms. The number of amides is 1. The van der Waals surface area contributed by atoms with Crippen molar-refractivity contribution < 1.29 is 19.1 Å². The lowest BCUT2D eigenvalue weighted by Crippen LogP contribution is -2.38. The van der Waals surface area contributed by atoms with Gasteiger partial charge in [0.15, 0.2) is 0 Å². The fourth-order valence-electron chi connectivity index (χ4n) is 5.05. The Labute approximate surface area is 229 Å². The number of hydrogen-bond donors (Lipinski definition) is 1. The first kappa shape index (κ1) is 28.1. The Morgan fingerprint density at radius 3 is 2.38 bits per heavy atom. The predicted molar refractivity (Wildman–Crippen MR) is 151 cm³/mol. The average molecular weight is 535 g/mol. The van der Waals surface area contributed by atoms with Gasteiger partial charge in [0.2, 0.25) is 0 Å². The van der Waals surface area contributed by atoms with Gasteiger partial charge in [-0.15, -0.1) is 0 Å².